The maximum Gasteiger partial charge on any atom is 0.331 e. The summed E-state index contributed by atoms with van der Waals surface area (Å²) in [6, 6.07) is 36.7. The van der Waals surface area contributed by atoms with E-state index in [1.165, 1.54) is 70.7 Å². The van der Waals surface area contributed by atoms with E-state index >= 15 is 0 Å². The molecule has 0 heterocycles. The minimum atomic E-state index is -3.73. The predicted molar refractivity (Wildman–Crippen MR) is 351 cm³/mol. The van der Waals surface area contributed by atoms with Crippen molar-refractivity contribution in [2.45, 2.75) is 51.7 Å². The molecule has 0 aliphatic rings. The molecule has 96 heavy (non-hydrogen) atoms. The van der Waals surface area contributed by atoms with Gasteiger partial charge in [0.05, 0.1) is 66.6 Å². The Morgan fingerprint density at radius 3 is 1.03 bits per heavy atom. The summed E-state index contributed by atoms with van der Waals surface area (Å²) in [7, 11) is -15.5. The van der Waals surface area contributed by atoms with Gasteiger partial charge in [-0.3, -0.25) is 4.79 Å². The van der Waals surface area contributed by atoms with Crippen LogP contribution in [0.2, 0.25) is 0 Å². The van der Waals surface area contributed by atoms with Crippen LogP contribution in [-0.2, 0) is 127 Å². The fraction of sp³-hybridized carbons (Fsp3) is 0.172. The zero-order valence-electron chi connectivity index (χ0n) is 52.7. The maximum atomic E-state index is 12.6. The first-order valence-electron chi connectivity index (χ1n) is 26.9. The molecule has 0 atom stereocenters. The van der Waals surface area contributed by atoms with Gasteiger partial charge in [-0.15, -0.1) is 0 Å². The maximum absolute atomic E-state index is 12.6. The number of halogens is 1. The summed E-state index contributed by atoms with van der Waals surface area (Å²) in [5, 5.41) is 6.62. The first kappa shape index (κ1) is 84.2. The number of methoxy groups -OCH3 is 5. The van der Waals surface area contributed by atoms with Gasteiger partial charge in [0.15, 0.2) is 59.0 Å². The lowest BCUT2D eigenvalue weighted by atomic mass is 10.1. The molecule has 6 rings (SSSR count). The molecule has 6 aromatic rings. The van der Waals surface area contributed by atoms with E-state index in [9.17, 15) is 88.5 Å². The van der Waals surface area contributed by atoms with Gasteiger partial charge < -0.3 is 28.4 Å². The molecular weight excluding hydrogens is 1380 g/mol. The number of rotatable bonds is 20. The van der Waals surface area contributed by atoms with Crippen LogP contribution in [0.5, 0.6) is 0 Å². The number of ether oxygens (including phenoxy) is 6. The summed E-state index contributed by atoms with van der Waals surface area (Å²) in [5.41, 5.74) is 1.71. The van der Waals surface area contributed by atoms with E-state index in [1.807, 2.05) is 31.2 Å². The topological polar surface area (TPSA) is 380 Å². The minimum Gasteiger partial charge on any atom is -0.466 e. The number of Topliss-reactive ketones (excluding diaryl/α,β-unsaturated/α-hetero) is 1. The molecule has 0 spiro atoms. The summed E-state index contributed by atoms with van der Waals surface area (Å²) >= 11 is 0. The fourth-order valence-electron chi connectivity index (χ4n) is 6.22. The first-order valence-corrected chi connectivity index (χ1v) is 36.5. The average molecular weight is 1450 g/mol. The number of carbonyl (C=O) groups excluding carboxylic acids is 7. The Bertz CT molecular complexity index is 4440. The molecule has 0 aliphatic heterocycles. The highest BCUT2D eigenvalue weighted by Crippen LogP contribution is 2.21. The van der Waals surface area contributed by atoms with E-state index in [4.69, 9.17) is 0 Å². The highest BCUT2D eigenvalue weighted by molar-refractivity contribution is 7.95. The molecule has 516 valence electrons. The van der Waals surface area contributed by atoms with E-state index in [-0.39, 0.29) is 43.3 Å². The number of benzene rings is 6. The summed E-state index contributed by atoms with van der Waals surface area (Å²) in [5.74, 6) is -4.79. The third-order valence-corrected chi connectivity index (χ3v) is 18.7. The average Bonchev–Trinajstić information content (AvgIpc) is 0.856. The van der Waals surface area contributed by atoms with Crippen molar-refractivity contribution >= 4 is 111 Å². The van der Waals surface area contributed by atoms with Crippen LogP contribution < -0.4 is 0 Å². The first-order chi connectivity index (χ1) is 44.8. The molecule has 32 heteroatoms. The van der Waals surface area contributed by atoms with Crippen molar-refractivity contribution in [3.63, 3.8) is 0 Å². The van der Waals surface area contributed by atoms with Gasteiger partial charge in [-0.25, -0.2) is 83.7 Å². The summed E-state index contributed by atoms with van der Waals surface area (Å²) in [6.07, 6.45) is 6.43. The van der Waals surface area contributed by atoms with Crippen molar-refractivity contribution < 1.29 is 117 Å². The third kappa shape index (κ3) is 33.8. The van der Waals surface area contributed by atoms with Crippen molar-refractivity contribution in [1.29, 1.82) is 0 Å². The zero-order chi connectivity index (χ0) is 72.9. The van der Waals surface area contributed by atoms with Gasteiger partial charge in [-0.2, -0.15) is 0 Å². The molecule has 0 radical (unpaired) electrons. The highest BCUT2D eigenvalue weighted by Gasteiger charge is 2.16. The largest absolute Gasteiger partial charge is 0.466 e. The lowest BCUT2D eigenvalue weighted by Crippen LogP contribution is -2.02. The molecule has 25 nitrogen and oxygen atoms in total. The van der Waals surface area contributed by atoms with E-state index < -0.39 is 101 Å². The normalized spacial score (nSPS) is 11.6. The Balaban J connectivity index is 0.000000581. The van der Waals surface area contributed by atoms with Crippen LogP contribution in [0.4, 0.5) is 4.39 Å². The number of fused-ring (bicyclic) bond motifs is 1. The van der Waals surface area contributed by atoms with Crippen LogP contribution in [0.1, 0.15) is 25.0 Å². The van der Waals surface area contributed by atoms with Crippen LogP contribution in [0.25, 0.3) is 10.8 Å². The van der Waals surface area contributed by atoms with Gasteiger partial charge in [0.1, 0.15) is 11.6 Å². The number of sulfone groups is 6. The lowest BCUT2D eigenvalue weighted by Gasteiger charge is -2.02. The summed E-state index contributed by atoms with van der Waals surface area (Å²) in [4.78, 5) is 75.8. The molecule has 0 unspecified atom stereocenters. The molecular formula is C64H67FO25S6. The van der Waals surface area contributed by atoms with Gasteiger partial charge in [0.2, 0.25) is 0 Å². The Hall–Kier alpha value is -9.86. The summed E-state index contributed by atoms with van der Waals surface area (Å²) in [6.45, 7) is 5.19. The van der Waals surface area contributed by atoms with Crippen LogP contribution >= 0.6 is 0 Å². The van der Waals surface area contributed by atoms with Crippen molar-refractivity contribution in [2.75, 3.05) is 48.4 Å². The Morgan fingerprint density at radius 1 is 0.375 bits per heavy atom. The molecule has 0 fully saturated rings. The molecule has 0 N–H and O–H groups in total. The SMILES string of the molecule is CCOC(=O)/C=C/S(=O)(=O)c1ccccc1.COC(=O)/C=C/S(=O)(=O)c1ccc(C)cc1.COC(=O)/C=C/S(=O)(=O)c1ccc(CC(C)=O)cc1.COC(=O)/C=C/S(=O)(=O)c1ccc2ccccc2c1.COC(=O)/C=C/S(C)(=O)=O.COC(=O)/C=C\S(=O)(=O)c1ccc(F)cc1. The van der Waals surface area contributed by atoms with E-state index in [1.54, 1.807) is 61.5 Å². The number of carbonyl (C=O) groups is 7. The van der Waals surface area contributed by atoms with Gasteiger partial charge >= 0.3 is 35.8 Å². The van der Waals surface area contributed by atoms with Gasteiger partial charge in [-0.1, -0.05) is 78.4 Å². The molecule has 0 aromatic heterocycles. The van der Waals surface area contributed by atoms with Gasteiger partial charge in [-0.05, 0) is 110 Å². The monoisotopic (exact) mass is 1450 g/mol. The zero-order valence-corrected chi connectivity index (χ0v) is 57.6. The predicted octanol–water partition coefficient (Wildman–Crippen LogP) is 7.58. The molecule has 0 saturated heterocycles. The second kappa shape index (κ2) is 41.1. The van der Waals surface area contributed by atoms with Gasteiger partial charge in [0, 0.05) is 81.6 Å². The minimum absolute atomic E-state index is 0.00111. The molecule has 0 amide bonds. The molecule has 0 bridgehead atoms. The number of esters is 6. The van der Waals surface area contributed by atoms with E-state index in [0.29, 0.717) is 5.41 Å². The number of ketones is 1. The molecule has 0 saturated carbocycles. The van der Waals surface area contributed by atoms with E-state index in [2.05, 4.69) is 28.4 Å². The van der Waals surface area contributed by atoms with Crippen LogP contribution in [0.15, 0.2) is 239 Å². The van der Waals surface area contributed by atoms with Crippen molar-refractivity contribution in [3.8, 4) is 0 Å². The van der Waals surface area contributed by atoms with Crippen LogP contribution in [0, 0.1) is 12.7 Å². The second-order valence-electron chi connectivity index (χ2n) is 18.4. The summed E-state index contributed by atoms with van der Waals surface area (Å²) < 4.78 is 177. The third-order valence-electron chi connectivity index (χ3n) is 11.0. The number of hydrogen-bond acceptors (Lipinski definition) is 25. The second-order valence-corrected chi connectivity index (χ2v) is 29.4. The highest BCUT2D eigenvalue weighted by atomic mass is 32.2. The Morgan fingerprint density at radius 2 is 0.677 bits per heavy atom. The van der Waals surface area contributed by atoms with Crippen molar-refractivity contribution in [3.05, 3.63) is 231 Å². The van der Waals surface area contributed by atoms with Crippen molar-refractivity contribution in [2.24, 2.45) is 0 Å². The van der Waals surface area contributed by atoms with Crippen LogP contribution in [-0.4, -0.2) is 141 Å². The fourth-order valence-corrected chi connectivity index (χ4v) is 11.4. The molecule has 0 aliphatic carbocycles. The Kier molecular flexibility index (Phi) is 36.0. The smallest absolute Gasteiger partial charge is 0.331 e. The lowest BCUT2D eigenvalue weighted by molar-refractivity contribution is -0.137. The number of aryl methyl sites for hydroxylation is 1. The van der Waals surface area contributed by atoms with Crippen molar-refractivity contribution in [1.82, 2.24) is 0 Å². The molecule has 6 aromatic carbocycles. The Labute approximate surface area is 556 Å². The number of hydrogen-bond donors (Lipinski definition) is 0. The van der Waals surface area contributed by atoms with Gasteiger partial charge in [0.25, 0.3) is 0 Å². The van der Waals surface area contributed by atoms with Crippen LogP contribution in [0.3, 0.4) is 0 Å². The quantitative estimate of drug-likeness (QED) is 0.0307. The van der Waals surface area contributed by atoms with E-state index in [0.717, 1.165) is 130 Å². The standard InChI is InChI=1S/C14H12O4S.C13H14O5S.2C11H12O4S.C10H9FO4S.C5H8O4S/c1-18-14(15)8-9-19(16,17)13-7-6-11-4-2-3-5-12(11)10-13;1-10(14)9-11-3-5-12(6-4-11)19(16,17)8-7-13(15)18-2;1-9-3-5-10(6-4-9)16(13,14)8-7-11(12)15-2;1-2-15-11(12)8-9-16(13,14)10-6-4-3-5-7-10;1-15-10(12)6-7-16(13,14)9-4-2-8(11)3-5-9;1-9-5(6)3-4-10(2,7)8/h2-10H,1H3;3-8H,9H2,1-2H3;3-8H,1-2H3;3-9H,2H2,1H3;2-7H,1H3;3-4H,1-2H3/b9-8+;2*8-7+;9-8+;7-6-;4-3+.